The van der Waals surface area contributed by atoms with Gasteiger partial charge in [0.15, 0.2) is 0 Å². The number of nitrogens with zero attached hydrogens (tertiary/aromatic N) is 1. The normalized spacial score (nSPS) is 10.9. The molecule has 0 aliphatic rings. The van der Waals surface area contributed by atoms with Crippen molar-refractivity contribution in [2.75, 3.05) is 5.73 Å². The summed E-state index contributed by atoms with van der Waals surface area (Å²) >= 11 is 3.39. The Morgan fingerprint density at radius 2 is 2.19 bits per heavy atom. The third-order valence-electron chi connectivity index (χ3n) is 2.51. The lowest BCUT2D eigenvalue weighted by molar-refractivity contribution is 0.636. The maximum atomic E-state index is 13.5. The van der Waals surface area contributed by atoms with Crippen LogP contribution in [0.3, 0.4) is 0 Å². The average molecular weight is 283 g/mol. The van der Waals surface area contributed by atoms with Crippen molar-refractivity contribution in [1.29, 1.82) is 0 Å². The van der Waals surface area contributed by atoms with Crippen LogP contribution >= 0.6 is 15.9 Å². The molecule has 16 heavy (non-hydrogen) atoms. The van der Waals surface area contributed by atoms with Gasteiger partial charge in [-0.15, -0.1) is 0 Å². The summed E-state index contributed by atoms with van der Waals surface area (Å²) in [6, 6.07) is 4.98. The van der Waals surface area contributed by atoms with E-state index in [2.05, 4.69) is 27.8 Å². The van der Waals surface area contributed by atoms with Gasteiger partial charge in [-0.3, -0.25) is 0 Å². The predicted octanol–water partition coefficient (Wildman–Crippen LogP) is 3.67. The number of rotatable bonds is 2. The van der Waals surface area contributed by atoms with E-state index >= 15 is 0 Å². The van der Waals surface area contributed by atoms with Gasteiger partial charge < -0.3 is 5.73 Å². The Hall–Kier alpha value is -1.16. The van der Waals surface area contributed by atoms with Crippen molar-refractivity contribution in [2.45, 2.75) is 19.8 Å². The van der Waals surface area contributed by atoms with E-state index in [0.717, 1.165) is 28.3 Å². The molecular formula is C12H12BrFN2. The van der Waals surface area contributed by atoms with Crippen LogP contribution in [-0.4, -0.2) is 4.98 Å². The Morgan fingerprint density at radius 3 is 2.88 bits per heavy atom. The number of hydrogen-bond acceptors (Lipinski definition) is 2. The number of nitrogen functional groups attached to an aromatic ring is 1. The van der Waals surface area contributed by atoms with Gasteiger partial charge in [-0.05, 0) is 30.2 Å². The molecule has 0 atom stereocenters. The first-order chi connectivity index (χ1) is 7.63. The molecule has 0 saturated heterocycles. The number of fused-ring (bicyclic) bond motifs is 1. The minimum Gasteiger partial charge on any atom is -0.383 e. The number of aryl methyl sites for hydroxylation is 1. The molecule has 1 aromatic heterocycles. The zero-order chi connectivity index (χ0) is 11.7. The molecule has 2 nitrogen and oxygen atoms in total. The lowest BCUT2D eigenvalue weighted by atomic mass is 10.1. The number of halogens is 2. The van der Waals surface area contributed by atoms with E-state index in [4.69, 9.17) is 5.73 Å². The number of benzene rings is 1. The minimum atomic E-state index is -0.340. The summed E-state index contributed by atoms with van der Waals surface area (Å²) in [5.41, 5.74) is 7.10. The molecule has 0 amide bonds. The maximum Gasteiger partial charge on any atom is 0.149 e. The molecule has 2 aromatic rings. The SMILES string of the molecule is CCCc1cc2c(Br)ccc(F)c2nc1N. The van der Waals surface area contributed by atoms with Crippen molar-refractivity contribution in [3.05, 3.63) is 34.1 Å². The highest BCUT2D eigenvalue weighted by Gasteiger charge is 2.09. The van der Waals surface area contributed by atoms with Gasteiger partial charge >= 0.3 is 0 Å². The van der Waals surface area contributed by atoms with Crippen LogP contribution in [0.15, 0.2) is 22.7 Å². The molecular weight excluding hydrogens is 271 g/mol. The minimum absolute atomic E-state index is 0.326. The summed E-state index contributed by atoms with van der Waals surface area (Å²) < 4.78 is 14.4. The lowest BCUT2D eigenvalue weighted by Crippen LogP contribution is -1.99. The van der Waals surface area contributed by atoms with Crippen molar-refractivity contribution >= 4 is 32.7 Å². The largest absolute Gasteiger partial charge is 0.383 e. The number of aromatic nitrogens is 1. The molecule has 0 radical (unpaired) electrons. The Kier molecular flexibility index (Phi) is 3.10. The van der Waals surface area contributed by atoms with E-state index < -0.39 is 0 Å². The molecule has 0 aliphatic carbocycles. The summed E-state index contributed by atoms with van der Waals surface area (Å²) in [5.74, 6) is 0.0827. The van der Waals surface area contributed by atoms with Crippen LogP contribution < -0.4 is 5.73 Å². The van der Waals surface area contributed by atoms with E-state index in [9.17, 15) is 4.39 Å². The van der Waals surface area contributed by atoms with Crippen LogP contribution in [0.2, 0.25) is 0 Å². The predicted molar refractivity (Wildman–Crippen MR) is 67.8 cm³/mol. The molecule has 1 heterocycles. The molecule has 2 N–H and O–H groups in total. The topological polar surface area (TPSA) is 38.9 Å². The Balaban J connectivity index is 2.73. The van der Waals surface area contributed by atoms with E-state index in [1.165, 1.54) is 6.07 Å². The standard InChI is InChI=1S/C12H12BrFN2/c1-2-3-7-6-8-9(13)4-5-10(14)11(8)16-12(7)15/h4-6H,2-3H2,1H3,(H2,15,16). The van der Waals surface area contributed by atoms with E-state index in [1.807, 2.05) is 6.07 Å². The molecule has 2 rings (SSSR count). The summed E-state index contributed by atoms with van der Waals surface area (Å²) in [7, 11) is 0. The summed E-state index contributed by atoms with van der Waals surface area (Å²) in [6.07, 6.45) is 1.85. The Morgan fingerprint density at radius 1 is 1.44 bits per heavy atom. The van der Waals surface area contributed by atoms with Gasteiger partial charge in [0.2, 0.25) is 0 Å². The van der Waals surface area contributed by atoms with E-state index in [1.54, 1.807) is 6.07 Å². The summed E-state index contributed by atoms with van der Waals surface area (Å²) in [6.45, 7) is 2.07. The third kappa shape index (κ3) is 1.89. The molecule has 4 heteroatoms. The zero-order valence-corrected chi connectivity index (χ0v) is 10.5. The second kappa shape index (κ2) is 4.37. The zero-order valence-electron chi connectivity index (χ0n) is 8.93. The Labute approximate surface area is 102 Å². The van der Waals surface area contributed by atoms with Gasteiger partial charge in [0.05, 0.1) is 0 Å². The first-order valence-electron chi connectivity index (χ1n) is 5.16. The van der Waals surface area contributed by atoms with Crippen LogP contribution in [0.5, 0.6) is 0 Å². The highest BCUT2D eigenvalue weighted by Crippen LogP contribution is 2.28. The second-order valence-electron chi connectivity index (χ2n) is 3.71. The van der Waals surface area contributed by atoms with Gasteiger partial charge in [-0.1, -0.05) is 29.3 Å². The van der Waals surface area contributed by atoms with Gasteiger partial charge in [-0.2, -0.15) is 0 Å². The first-order valence-corrected chi connectivity index (χ1v) is 5.96. The summed E-state index contributed by atoms with van der Waals surface area (Å²) in [4.78, 5) is 4.13. The van der Waals surface area contributed by atoms with Crippen molar-refractivity contribution in [3.63, 3.8) is 0 Å². The number of hydrogen-bond donors (Lipinski definition) is 1. The van der Waals surface area contributed by atoms with Crippen LogP contribution in [0.1, 0.15) is 18.9 Å². The van der Waals surface area contributed by atoms with Crippen LogP contribution in [0.4, 0.5) is 10.2 Å². The van der Waals surface area contributed by atoms with Crippen molar-refractivity contribution in [1.82, 2.24) is 4.98 Å². The number of anilines is 1. The first kappa shape index (κ1) is 11.3. The van der Waals surface area contributed by atoms with Crippen molar-refractivity contribution in [3.8, 4) is 0 Å². The molecule has 1 aromatic carbocycles. The second-order valence-corrected chi connectivity index (χ2v) is 4.56. The van der Waals surface area contributed by atoms with E-state index in [0.29, 0.717) is 11.3 Å². The van der Waals surface area contributed by atoms with Crippen LogP contribution in [0.25, 0.3) is 10.9 Å². The average Bonchev–Trinajstić information content (AvgIpc) is 2.26. The molecule has 0 unspecified atom stereocenters. The monoisotopic (exact) mass is 282 g/mol. The molecule has 0 fully saturated rings. The van der Waals surface area contributed by atoms with Gasteiger partial charge in [0, 0.05) is 9.86 Å². The fourth-order valence-electron chi connectivity index (χ4n) is 1.72. The third-order valence-corrected chi connectivity index (χ3v) is 3.21. The Bertz CT molecular complexity index is 540. The molecule has 0 saturated carbocycles. The number of nitrogens with two attached hydrogens (primary N) is 1. The van der Waals surface area contributed by atoms with Crippen LogP contribution in [-0.2, 0) is 6.42 Å². The quantitative estimate of drug-likeness (QED) is 0.913. The molecule has 0 bridgehead atoms. The maximum absolute atomic E-state index is 13.5. The smallest absolute Gasteiger partial charge is 0.149 e. The summed E-state index contributed by atoms with van der Waals surface area (Å²) in [5, 5.41) is 0.776. The fraction of sp³-hybridized carbons (Fsp3) is 0.250. The van der Waals surface area contributed by atoms with Crippen LogP contribution in [0, 0.1) is 5.82 Å². The highest BCUT2D eigenvalue weighted by atomic mass is 79.9. The lowest BCUT2D eigenvalue weighted by Gasteiger charge is -2.07. The highest BCUT2D eigenvalue weighted by molar-refractivity contribution is 9.10. The van der Waals surface area contributed by atoms with E-state index in [-0.39, 0.29) is 5.82 Å². The van der Waals surface area contributed by atoms with Crippen molar-refractivity contribution < 1.29 is 4.39 Å². The molecule has 84 valence electrons. The fourth-order valence-corrected chi connectivity index (χ4v) is 2.15. The van der Waals surface area contributed by atoms with Gasteiger partial charge in [0.1, 0.15) is 17.2 Å². The van der Waals surface area contributed by atoms with Gasteiger partial charge in [-0.25, -0.2) is 9.37 Å². The van der Waals surface area contributed by atoms with Crippen molar-refractivity contribution in [2.24, 2.45) is 0 Å². The molecule has 0 aliphatic heterocycles. The number of pyridine rings is 1. The molecule has 0 spiro atoms. The van der Waals surface area contributed by atoms with Gasteiger partial charge in [0.25, 0.3) is 0 Å².